The fourth-order valence-corrected chi connectivity index (χ4v) is 1.17. The lowest BCUT2D eigenvalue weighted by atomic mass is 9.99. The molecule has 0 fully saturated rings. The first-order valence-corrected chi connectivity index (χ1v) is 4.63. The molecule has 0 saturated heterocycles. The summed E-state index contributed by atoms with van der Waals surface area (Å²) in [6, 6.07) is 0. The van der Waals surface area contributed by atoms with Crippen LogP contribution in [0.5, 0.6) is 0 Å². The molecule has 0 bridgehead atoms. The number of thiol groups is 1. The molecule has 0 spiro atoms. The Bertz CT molecular complexity index is 145. The van der Waals surface area contributed by atoms with E-state index < -0.39 is 0 Å². The maximum absolute atomic E-state index is 4.14. The quantitative estimate of drug-likeness (QED) is 0.474. The van der Waals surface area contributed by atoms with Crippen LogP contribution in [0, 0.1) is 5.92 Å². The monoisotopic (exact) mass is 170 g/mol. The molecule has 0 amide bonds. The Labute approximate surface area is 75.8 Å². The first kappa shape index (κ1) is 10.8. The van der Waals surface area contributed by atoms with Crippen LogP contribution in [-0.2, 0) is 0 Å². The predicted molar refractivity (Wildman–Crippen MR) is 56.2 cm³/mol. The van der Waals surface area contributed by atoms with Gasteiger partial charge in [-0.3, -0.25) is 0 Å². The second-order valence-electron chi connectivity index (χ2n) is 3.43. The maximum atomic E-state index is 4.14. The van der Waals surface area contributed by atoms with E-state index in [0.717, 1.165) is 18.6 Å². The van der Waals surface area contributed by atoms with Gasteiger partial charge >= 0.3 is 0 Å². The molecule has 0 aliphatic carbocycles. The summed E-state index contributed by atoms with van der Waals surface area (Å²) in [6.07, 6.45) is 2.05. The summed E-state index contributed by atoms with van der Waals surface area (Å²) >= 11 is 4.14. The van der Waals surface area contributed by atoms with E-state index in [1.807, 2.05) is 0 Å². The van der Waals surface area contributed by atoms with Crippen LogP contribution in [-0.4, -0.2) is 5.75 Å². The van der Waals surface area contributed by atoms with Gasteiger partial charge < -0.3 is 0 Å². The smallest absolute Gasteiger partial charge is 0.0113 e. The standard InChI is InChI=1S/C10H18S/c1-8(2)5-9(3)6-10(4)7-11/h8,11H,3-7H2,1-2H3. The molecule has 0 nitrogen and oxygen atoms in total. The lowest BCUT2D eigenvalue weighted by molar-refractivity contribution is 0.634. The summed E-state index contributed by atoms with van der Waals surface area (Å²) in [7, 11) is 0. The summed E-state index contributed by atoms with van der Waals surface area (Å²) in [5, 5.41) is 0. The zero-order chi connectivity index (χ0) is 8.85. The minimum atomic E-state index is 0.704. The van der Waals surface area contributed by atoms with Crippen LogP contribution in [0.2, 0.25) is 0 Å². The van der Waals surface area contributed by atoms with Gasteiger partial charge in [0.05, 0.1) is 0 Å². The van der Waals surface area contributed by atoms with Crippen molar-refractivity contribution in [2.24, 2.45) is 5.92 Å². The average molecular weight is 170 g/mol. The third kappa shape index (κ3) is 6.24. The molecule has 0 saturated carbocycles. The van der Waals surface area contributed by atoms with Gasteiger partial charge in [0.25, 0.3) is 0 Å². The van der Waals surface area contributed by atoms with Crippen molar-refractivity contribution in [3.8, 4) is 0 Å². The molecular formula is C10H18S. The van der Waals surface area contributed by atoms with Crippen molar-refractivity contribution in [3.63, 3.8) is 0 Å². The van der Waals surface area contributed by atoms with Gasteiger partial charge in [0, 0.05) is 5.75 Å². The molecule has 0 heterocycles. The average Bonchev–Trinajstić information content (AvgIpc) is 1.85. The van der Waals surface area contributed by atoms with E-state index in [0.29, 0.717) is 5.92 Å². The molecule has 0 rings (SSSR count). The minimum Gasteiger partial charge on any atom is -0.175 e. The Hall–Kier alpha value is -0.170. The summed E-state index contributed by atoms with van der Waals surface area (Å²) in [5.74, 6) is 1.48. The number of rotatable bonds is 5. The topological polar surface area (TPSA) is 0 Å². The van der Waals surface area contributed by atoms with Gasteiger partial charge in [-0.2, -0.15) is 12.6 Å². The largest absolute Gasteiger partial charge is 0.175 e. The van der Waals surface area contributed by atoms with Crippen molar-refractivity contribution in [1.29, 1.82) is 0 Å². The van der Waals surface area contributed by atoms with Crippen molar-refractivity contribution in [1.82, 2.24) is 0 Å². The van der Waals surface area contributed by atoms with Crippen LogP contribution in [0.3, 0.4) is 0 Å². The van der Waals surface area contributed by atoms with E-state index in [1.165, 1.54) is 11.1 Å². The van der Waals surface area contributed by atoms with Crippen molar-refractivity contribution in [2.75, 3.05) is 5.75 Å². The molecule has 0 aliphatic heterocycles. The van der Waals surface area contributed by atoms with E-state index in [1.54, 1.807) is 0 Å². The van der Waals surface area contributed by atoms with Crippen molar-refractivity contribution in [2.45, 2.75) is 26.7 Å². The van der Waals surface area contributed by atoms with E-state index in [2.05, 4.69) is 39.6 Å². The fourth-order valence-electron chi connectivity index (χ4n) is 1.06. The maximum Gasteiger partial charge on any atom is 0.0113 e. The third-order valence-electron chi connectivity index (χ3n) is 1.42. The van der Waals surface area contributed by atoms with Gasteiger partial charge in [0.1, 0.15) is 0 Å². The highest BCUT2D eigenvalue weighted by molar-refractivity contribution is 7.80. The first-order valence-electron chi connectivity index (χ1n) is 4.00. The third-order valence-corrected chi connectivity index (χ3v) is 1.87. The van der Waals surface area contributed by atoms with E-state index in [-0.39, 0.29) is 0 Å². The SMILES string of the molecule is C=C(CS)CC(=C)CC(C)C. The van der Waals surface area contributed by atoms with Crippen LogP contribution >= 0.6 is 12.6 Å². The van der Waals surface area contributed by atoms with Crippen LogP contribution in [0.1, 0.15) is 26.7 Å². The summed E-state index contributed by atoms with van der Waals surface area (Å²) in [4.78, 5) is 0. The Balaban J connectivity index is 3.61. The molecular weight excluding hydrogens is 152 g/mol. The molecule has 0 aromatic carbocycles. The van der Waals surface area contributed by atoms with Gasteiger partial charge in [-0.1, -0.05) is 38.2 Å². The number of hydrogen-bond donors (Lipinski definition) is 1. The van der Waals surface area contributed by atoms with Gasteiger partial charge in [-0.15, -0.1) is 0 Å². The van der Waals surface area contributed by atoms with E-state index in [4.69, 9.17) is 0 Å². The molecule has 64 valence electrons. The Kier molecular flexibility index (Phi) is 5.39. The Morgan fingerprint density at radius 3 is 2.18 bits per heavy atom. The van der Waals surface area contributed by atoms with Crippen LogP contribution in [0.4, 0.5) is 0 Å². The van der Waals surface area contributed by atoms with Gasteiger partial charge in [-0.05, 0) is 18.8 Å². The second-order valence-corrected chi connectivity index (χ2v) is 3.75. The molecule has 0 aromatic rings. The molecule has 0 aromatic heterocycles. The van der Waals surface area contributed by atoms with Crippen molar-refractivity contribution < 1.29 is 0 Å². The van der Waals surface area contributed by atoms with E-state index in [9.17, 15) is 0 Å². The second kappa shape index (κ2) is 5.48. The van der Waals surface area contributed by atoms with E-state index >= 15 is 0 Å². The van der Waals surface area contributed by atoms with Crippen LogP contribution < -0.4 is 0 Å². The van der Waals surface area contributed by atoms with Gasteiger partial charge in [0.2, 0.25) is 0 Å². The first-order chi connectivity index (χ1) is 5.06. The Morgan fingerprint density at radius 1 is 1.27 bits per heavy atom. The fraction of sp³-hybridized carbons (Fsp3) is 0.600. The van der Waals surface area contributed by atoms with Gasteiger partial charge in [-0.25, -0.2) is 0 Å². The molecule has 0 atom stereocenters. The van der Waals surface area contributed by atoms with Crippen LogP contribution in [0.25, 0.3) is 0 Å². The minimum absolute atomic E-state index is 0.704. The summed E-state index contributed by atoms with van der Waals surface area (Å²) < 4.78 is 0. The summed E-state index contributed by atoms with van der Waals surface area (Å²) in [5.41, 5.74) is 2.44. The molecule has 1 heteroatoms. The lowest BCUT2D eigenvalue weighted by Crippen LogP contribution is -1.92. The highest BCUT2D eigenvalue weighted by atomic mass is 32.1. The molecule has 0 aliphatic rings. The summed E-state index contributed by atoms with van der Waals surface area (Å²) in [6.45, 7) is 12.3. The molecule has 0 N–H and O–H groups in total. The lowest BCUT2D eigenvalue weighted by Gasteiger charge is -2.08. The normalized spacial score (nSPS) is 10.2. The highest BCUT2D eigenvalue weighted by Gasteiger charge is 1.99. The van der Waals surface area contributed by atoms with Crippen molar-refractivity contribution in [3.05, 3.63) is 24.3 Å². The number of hydrogen-bond acceptors (Lipinski definition) is 1. The van der Waals surface area contributed by atoms with Crippen molar-refractivity contribution >= 4 is 12.6 Å². The molecule has 11 heavy (non-hydrogen) atoms. The highest BCUT2D eigenvalue weighted by Crippen LogP contribution is 2.16. The van der Waals surface area contributed by atoms with Gasteiger partial charge in [0.15, 0.2) is 0 Å². The Morgan fingerprint density at radius 2 is 1.82 bits per heavy atom. The number of allylic oxidation sites excluding steroid dienone is 1. The van der Waals surface area contributed by atoms with Crippen LogP contribution in [0.15, 0.2) is 24.3 Å². The predicted octanol–water partition coefficient (Wildman–Crippen LogP) is 3.46. The zero-order valence-electron chi connectivity index (χ0n) is 7.56. The zero-order valence-corrected chi connectivity index (χ0v) is 8.45. The molecule has 0 unspecified atom stereocenters. The molecule has 0 radical (unpaired) electrons.